The van der Waals surface area contributed by atoms with E-state index in [0.717, 1.165) is 6.26 Å². The number of nitrogens with one attached hydrogen (secondary N) is 1. The third-order valence-electron chi connectivity index (χ3n) is 2.74. The molecule has 0 saturated heterocycles. The summed E-state index contributed by atoms with van der Waals surface area (Å²) in [6.45, 7) is 1.41. The zero-order valence-corrected chi connectivity index (χ0v) is 13.5. The third-order valence-corrected chi connectivity index (χ3v) is 3.64. The summed E-state index contributed by atoms with van der Waals surface area (Å²) >= 11 is 6.03. The van der Waals surface area contributed by atoms with E-state index in [4.69, 9.17) is 16.3 Å². The van der Waals surface area contributed by atoms with Gasteiger partial charge in [0.25, 0.3) is 0 Å². The molecule has 0 fully saturated rings. The van der Waals surface area contributed by atoms with Crippen LogP contribution in [-0.2, 0) is 10.0 Å². The quantitative estimate of drug-likeness (QED) is 0.843. The predicted molar refractivity (Wildman–Crippen MR) is 86.4 cm³/mol. The molecule has 0 atom stereocenters. The lowest BCUT2D eigenvalue weighted by molar-refractivity contribution is 0.101. The Morgan fingerprint density at radius 3 is 2.41 bits per heavy atom. The molecule has 0 unspecified atom stereocenters. The molecule has 0 aliphatic carbocycles. The average Bonchev–Trinajstić information content (AvgIpc) is 2.41. The van der Waals surface area contributed by atoms with Crippen LogP contribution < -0.4 is 9.46 Å². The molecule has 0 aliphatic rings. The van der Waals surface area contributed by atoms with Crippen LogP contribution in [0.5, 0.6) is 11.5 Å². The molecule has 0 aromatic heterocycles. The van der Waals surface area contributed by atoms with Crippen LogP contribution in [0.15, 0.2) is 42.5 Å². The van der Waals surface area contributed by atoms with Crippen LogP contribution in [0, 0.1) is 0 Å². The fourth-order valence-corrected chi connectivity index (χ4v) is 2.50. The highest BCUT2D eigenvalue weighted by Gasteiger charge is 2.13. The van der Waals surface area contributed by atoms with Crippen molar-refractivity contribution in [2.24, 2.45) is 0 Å². The summed E-state index contributed by atoms with van der Waals surface area (Å²) in [4.78, 5) is 11.5. The smallest absolute Gasteiger partial charge is 0.229 e. The molecule has 2 aromatic rings. The summed E-state index contributed by atoms with van der Waals surface area (Å²) in [6.07, 6.45) is 1.03. The van der Waals surface area contributed by atoms with Gasteiger partial charge in [0.05, 0.1) is 17.0 Å². The SMILES string of the molecule is CC(=O)c1ccc(NS(C)(=O)=O)c(Oc2ccccc2Cl)c1. The highest BCUT2D eigenvalue weighted by atomic mass is 35.5. The van der Waals surface area contributed by atoms with Crippen molar-refractivity contribution in [1.82, 2.24) is 0 Å². The molecule has 0 bridgehead atoms. The van der Waals surface area contributed by atoms with Gasteiger partial charge in [0.1, 0.15) is 5.75 Å². The van der Waals surface area contributed by atoms with Gasteiger partial charge < -0.3 is 4.74 Å². The number of anilines is 1. The van der Waals surface area contributed by atoms with Crippen molar-refractivity contribution in [2.75, 3.05) is 11.0 Å². The van der Waals surface area contributed by atoms with Gasteiger partial charge in [0.2, 0.25) is 10.0 Å². The minimum absolute atomic E-state index is 0.157. The lowest BCUT2D eigenvalue weighted by atomic mass is 10.1. The van der Waals surface area contributed by atoms with Crippen molar-refractivity contribution in [1.29, 1.82) is 0 Å². The van der Waals surface area contributed by atoms with Crippen LogP contribution in [0.3, 0.4) is 0 Å². The monoisotopic (exact) mass is 339 g/mol. The number of para-hydroxylation sites is 1. The first-order valence-corrected chi connectivity index (χ1v) is 8.58. The number of ketones is 1. The van der Waals surface area contributed by atoms with Crippen LogP contribution >= 0.6 is 11.6 Å². The second-order valence-corrected chi connectivity index (χ2v) is 6.83. The van der Waals surface area contributed by atoms with Gasteiger partial charge in [-0.3, -0.25) is 9.52 Å². The first-order chi connectivity index (χ1) is 10.3. The summed E-state index contributed by atoms with van der Waals surface area (Å²) in [5, 5.41) is 0.376. The lowest BCUT2D eigenvalue weighted by Gasteiger charge is -2.14. The van der Waals surface area contributed by atoms with Crippen LogP contribution in [0.25, 0.3) is 0 Å². The van der Waals surface area contributed by atoms with Gasteiger partial charge in [-0.05, 0) is 37.3 Å². The minimum Gasteiger partial charge on any atom is -0.454 e. The fraction of sp³-hybridized carbons (Fsp3) is 0.133. The normalized spacial score (nSPS) is 11.0. The Hall–Kier alpha value is -2.05. The maximum absolute atomic E-state index is 11.5. The van der Waals surface area contributed by atoms with E-state index < -0.39 is 10.0 Å². The summed E-state index contributed by atoms with van der Waals surface area (Å²) in [6, 6.07) is 11.2. The molecule has 0 spiro atoms. The fourth-order valence-electron chi connectivity index (χ4n) is 1.76. The average molecular weight is 340 g/mol. The molecule has 2 aromatic carbocycles. The Labute approximate surface area is 133 Å². The summed E-state index contributed by atoms with van der Waals surface area (Å²) in [5.41, 5.74) is 0.633. The number of rotatable bonds is 5. The van der Waals surface area contributed by atoms with Crippen molar-refractivity contribution in [2.45, 2.75) is 6.92 Å². The van der Waals surface area contributed by atoms with Gasteiger partial charge >= 0.3 is 0 Å². The van der Waals surface area contributed by atoms with Crippen molar-refractivity contribution in [3.8, 4) is 11.5 Å². The van der Waals surface area contributed by atoms with Crippen molar-refractivity contribution >= 4 is 33.1 Å². The molecule has 0 radical (unpaired) electrons. The molecule has 5 nitrogen and oxygen atoms in total. The van der Waals surface area contributed by atoms with Gasteiger partial charge in [-0.2, -0.15) is 0 Å². The Balaban J connectivity index is 2.48. The molecule has 7 heteroatoms. The second kappa shape index (κ2) is 6.37. The summed E-state index contributed by atoms with van der Waals surface area (Å²) in [7, 11) is -3.48. The molecule has 0 saturated carbocycles. The van der Waals surface area contributed by atoms with E-state index in [1.807, 2.05) is 0 Å². The molecular weight excluding hydrogens is 326 g/mol. The number of benzene rings is 2. The standard InChI is InChI=1S/C15H14ClNO4S/c1-10(18)11-7-8-13(17-22(2,19)20)15(9-11)21-14-6-4-3-5-12(14)16/h3-9,17H,1-2H3. The number of sulfonamides is 1. The number of hydrogen-bond acceptors (Lipinski definition) is 4. The maximum atomic E-state index is 11.5. The van der Waals surface area contributed by atoms with E-state index in [9.17, 15) is 13.2 Å². The molecular formula is C15H14ClNO4S. The summed E-state index contributed by atoms with van der Waals surface area (Å²) in [5.74, 6) is 0.405. The number of ether oxygens (including phenoxy) is 1. The second-order valence-electron chi connectivity index (χ2n) is 4.67. The molecule has 116 valence electrons. The van der Waals surface area contributed by atoms with Crippen molar-refractivity contribution in [3.63, 3.8) is 0 Å². The topological polar surface area (TPSA) is 72.5 Å². The zero-order chi connectivity index (χ0) is 16.3. The highest BCUT2D eigenvalue weighted by Crippen LogP contribution is 2.34. The number of hydrogen-bond donors (Lipinski definition) is 1. The molecule has 0 amide bonds. The van der Waals surface area contributed by atoms with E-state index in [1.165, 1.54) is 25.1 Å². The van der Waals surface area contributed by atoms with Gasteiger partial charge in [0.15, 0.2) is 11.5 Å². The Morgan fingerprint density at radius 2 is 1.82 bits per heavy atom. The van der Waals surface area contributed by atoms with E-state index in [2.05, 4.69) is 4.72 Å². The Morgan fingerprint density at radius 1 is 1.14 bits per heavy atom. The number of carbonyl (C=O) groups excluding carboxylic acids is 1. The summed E-state index contributed by atoms with van der Waals surface area (Å²) < 4.78 is 30.9. The van der Waals surface area contributed by atoms with Crippen LogP contribution in [0.2, 0.25) is 5.02 Å². The van der Waals surface area contributed by atoms with E-state index >= 15 is 0 Å². The lowest BCUT2D eigenvalue weighted by Crippen LogP contribution is -2.10. The van der Waals surface area contributed by atoms with Crippen molar-refractivity contribution in [3.05, 3.63) is 53.1 Å². The molecule has 2 rings (SSSR count). The number of carbonyl (C=O) groups is 1. The van der Waals surface area contributed by atoms with E-state index in [-0.39, 0.29) is 17.2 Å². The van der Waals surface area contributed by atoms with E-state index in [1.54, 1.807) is 24.3 Å². The molecule has 0 aliphatic heterocycles. The van der Waals surface area contributed by atoms with E-state index in [0.29, 0.717) is 16.3 Å². The van der Waals surface area contributed by atoms with Gasteiger partial charge in [0, 0.05) is 5.56 Å². The van der Waals surface area contributed by atoms with Gasteiger partial charge in [-0.25, -0.2) is 8.42 Å². The first-order valence-electron chi connectivity index (χ1n) is 6.31. The zero-order valence-electron chi connectivity index (χ0n) is 12.0. The number of halogens is 1. The van der Waals surface area contributed by atoms with Gasteiger partial charge in [-0.1, -0.05) is 23.7 Å². The molecule has 0 heterocycles. The van der Waals surface area contributed by atoms with Gasteiger partial charge in [-0.15, -0.1) is 0 Å². The predicted octanol–water partition coefficient (Wildman–Crippen LogP) is 3.71. The largest absolute Gasteiger partial charge is 0.454 e. The van der Waals surface area contributed by atoms with Crippen LogP contribution in [-0.4, -0.2) is 20.5 Å². The first kappa shape index (κ1) is 16.3. The van der Waals surface area contributed by atoms with Crippen LogP contribution in [0.4, 0.5) is 5.69 Å². The molecule has 22 heavy (non-hydrogen) atoms. The molecule has 1 N–H and O–H groups in total. The number of Topliss-reactive ketones (excluding diaryl/α,β-unsaturated/α-hetero) is 1. The van der Waals surface area contributed by atoms with Crippen molar-refractivity contribution < 1.29 is 17.9 Å². The minimum atomic E-state index is -3.48. The third kappa shape index (κ3) is 4.22. The van der Waals surface area contributed by atoms with Crippen LogP contribution in [0.1, 0.15) is 17.3 Å². The highest BCUT2D eigenvalue weighted by molar-refractivity contribution is 7.92. The maximum Gasteiger partial charge on any atom is 0.229 e. The Kier molecular flexibility index (Phi) is 4.73. The Bertz CT molecular complexity index is 818.